The van der Waals surface area contributed by atoms with Gasteiger partial charge in [-0.2, -0.15) is 0 Å². The molecule has 1 aromatic heterocycles. The van der Waals surface area contributed by atoms with Gasteiger partial charge in [-0.15, -0.1) is 0 Å². The highest BCUT2D eigenvalue weighted by atomic mass is 16.5. The lowest BCUT2D eigenvalue weighted by atomic mass is 9.98. The van der Waals surface area contributed by atoms with Crippen molar-refractivity contribution < 1.29 is 14.3 Å². The number of methoxy groups -OCH3 is 1. The van der Waals surface area contributed by atoms with Crippen LogP contribution in [0.4, 0.5) is 0 Å². The molecule has 6 heteroatoms. The molecule has 0 unspecified atom stereocenters. The summed E-state index contributed by atoms with van der Waals surface area (Å²) < 4.78 is 7.26. The molecule has 1 aliphatic heterocycles. The summed E-state index contributed by atoms with van der Waals surface area (Å²) in [7, 11) is 3.54. The SMILES string of the molecule is COc1ccc([C@@H]2c3c(n(C)c4ccccc34)C(=O)N2CC(=O)NCc2ccccc2C)cc1. The van der Waals surface area contributed by atoms with Crippen LogP contribution in [0.5, 0.6) is 5.75 Å². The van der Waals surface area contributed by atoms with E-state index in [2.05, 4.69) is 5.32 Å². The molecule has 6 nitrogen and oxygen atoms in total. The van der Waals surface area contributed by atoms with Crippen LogP contribution in [-0.2, 0) is 18.4 Å². The van der Waals surface area contributed by atoms with Crippen LogP contribution in [-0.4, -0.2) is 34.9 Å². The minimum Gasteiger partial charge on any atom is -0.497 e. The van der Waals surface area contributed by atoms with Gasteiger partial charge in [0.1, 0.15) is 18.0 Å². The summed E-state index contributed by atoms with van der Waals surface area (Å²) in [4.78, 5) is 28.3. The van der Waals surface area contributed by atoms with E-state index in [1.165, 1.54) is 0 Å². The number of fused-ring (bicyclic) bond motifs is 3. The number of carbonyl (C=O) groups is 2. The smallest absolute Gasteiger partial charge is 0.272 e. The fraction of sp³-hybridized carbons (Fsp3) is 0.214. The number of ether oxygens (including phenoxy) is 1. The lowest BCUT2D eigenvalue weighted by Crippen LogP contribution is -2.39. The molecule has 0 saturated heterocycles. The number of benzene rings is 3. The first-order valence-electron chi connectivity index (χ1n) is 11.3. The van der Waals surface area contributed by atoms with Gasteiger partial charge in [-0.25, -0.2) is 0 Å². The summed E-state index contributed by atoms with van der Waals surface area (Å²) in [5, 5.41) is 4.01. The number of hydrogen-bond donors (Lipinski definition) is 1. The Labute approximate surface area is 198 Å². The maximum Gasteiger partial charge on any atom is 0.272 e. The zero-order valence-electron chi connectivity index (χ0n) is 19.5. The molecule has 0 bridgehead atoms. The molecule has 0 fully saturated rings. The van der Waals surface area contributed by atoms with Crippen molar-refractivity contribution in [3.63, 3.8) is 0 Å². The summed E-state index contributed by atoms with van der Waals surface area (Å²) in [6, 6.07) is 23.3. The molecule has 172 valence electrons. The summed E-state index contributed by atoms with van der Waals surface area (Å²) in [5.41, 5.74) is 5.70. The molecule has 0 spiro atoms. The largest absolute Gasteiger partial charge is 0.497 e. The second kappa shape index (κ2) is 8.71. The van der Waals surface area contributed by atoms with Crippen molar-refractivity contribution in [3.8, 4) is 5.75 Å². The van der Waals surface area contributed by atoms with Crippen molar-refractivity contribution in [1.82, 2.24) is 14.8 Å². The quantitative estimate of drug-likeness (QED) is 0.472. The topological polar surface area (TPSA) is 63.6 Å². The van der Waals surface area contributed by atoms with Gasteiger partial charge in [-0.05, 0) is 41.8 Å². The number of rotatable bonds is 6. The standard InChI is InChI=1S/C28H27N3O3/c1-18-8-4-5-9-20(18)16-29-24(32)17-31-26(19-12-14-21(34-3)15-13-19)25-22-10-6-7-11-23(22)30(2)27(25)28(31)33/h4-15,26H,16-17H2,1-3H3,(H,29,32)/t26-/m1/s1. The minimum absolute atomic E-state index is 0.0234. The van der Waals surface area contributed by atoms with E-state index in [1.54, 1.807) is 12.0 Å². The number of para-hydroxylation sites is 1. The number of aryl methyl sites for hydroxylation is 2. The van der Waals surface area contributed by atoms with Crippen molar-refractivity contribution >= 4 is 22.7 Å². The van der Waals surface area contributed by atoms with Crippen molar-refractivity contribution in [2.45, 2.75) is 19.5 Å². The molecule has 2 amide bonds. The molecule has 3 aromatic carbocycles. The lowest BCUT2D eigenvalue weighted by Gasteiger charge is -2.26. The van der Waals surface area contributed by atoms with Crippen molar-refractivity contribution in [2.75, 3.05) is 13.7 Å². The van der Waals surface area contributed by atoms with Crippen molar-refractivity contribution in [1.29, 1.82) is 0 Å². The Bertz CT molecular complexity index is 1390. The zero-order chi connectivity index (χ0) is 23.8. The fourth-order valence-corrected chi connectivity index (χ4v) is 4.88. The number of nitrogens with zero attached hydrogens (tertiary/aromatic N) is 2. The molecule has 0 saturated carbocycles. The number of nitrogens with one attached hydrogen (secondary N) is 1. The Morgan fingerprint density at radius 2 is 1.71 bits per heavy atom. The van der Waals surface area contributed by atoms with Crippen LogP contribution in [0, 0.1) is 6.92 Å². The maximum atomic E-state index is 13.7. The summed E-state index contributed by atoms with van der Waals surface area (Å²) >= 11 is 0. The predicted octanol–water partition coefficient (Wildman–Crippen LogP) is 4.36. The Hall–Kier alpha value is -4.06. The van der Waals surface area contributed by atoms with Gasteiger partial charge < -0.3 is 19.5 Å². The van der Waals surface area contributed by atoms with Crippen LogP contribution >= 0.6 is 0 Å². The first-order valence-corrected chi connectivity index (χ1v) is 11.3. The monoisotopic (exact) mass is 453 g/mol. The van der Waals surface area contributed by atoms with Gasteiger partial charge in [0.05, 0.1) is 13.2 Å². The first kappa shape index (κ1) is 21.8. The third kappa shape index (κ3) is 3.61. The molecule has 0 aliphatic carbocycles. The predicted molar refractivity (Wildman–Crippen MR) is 132 cm³/mol. The molecule has 1 N–H and O–H groups in total. The Morgan fingerprint density at radius 3 is 2.44 bits per heavy atom. The molecular formula is C28H27N3O3. The molecule has 34 heavy (non-hydrogen) atoms. The number of hydrogen-bond acceptors (Lipinski definition) is 3. The van der Waals surface area contributed by atoms with Gasteiger partial charge in [-0.1, -0.05) is 54.6 Å². The van der Waals surface area contributed by atoms with E-state index < -0.39 is 0 Å². The highest BCUT2D eigenvalue weighted by Crippen LogP contribution is 2.43. The Kier molecular flexibility index (Phi) is 5.57. The van der Waals surface area contributed by atoms with Crippen molar-refractivity contribution in [2.24, 2.45) is 7.05 Å². The minimum atomic E-state index is -0.358. The second-order valence-corrected chi connectivity index (χ2v) is 8.65. The Morgan fingerprint density at radius 1 is 1.00 bits per heavy atom. The van der Waals surface area contributed by atoms with E-state index >= 15 is 0 Å². The normalized spacial score (nSPS) is 15.0. The fourth-order valence-electron chi connectivity index (χ4n) is 4.88. The van der Waals surface area contributed by atoms with Gasteiger partial charge in [-0.3, -0.25) is 9.59 Å². The number of amides is 2. The molecule has 1 atom stereocenters. The highest BCUT2D eigenvalue weighted by molar-refractivity contribution is 6.07. The highest BCUT2D eigenvalue weighted by Gasteiger charge is 2.42. The van der Waals surface area contributed by atoms with Gasteiger partial charge in [0.15, 0.2) is 0 Å². The number of aromatic nitrogens is 1. The molecule has 5 rings (SSSR count). The molecule has 1 aliphatic rings. The van der Waals surface area contributed by atoms with Gasteiger partial charge >= 0.3 is 0 Å². The van der Waals surface area contributed by atoms with E-state index in [0.717, 1.165) is 38.9 Å². The molecular weight excluding hydrogens is 426 g/mol. The van der Waals surface area contributed by atoms with E-state index in [9.17, 15) is 9.59 Å². The van der Waals surface area contributed by atoms with E-state index in [4.69, 9.17) is 4.74 Å². The van der Waals surface area contributed by atoms with Crippen LogP contribution in [0.25, 0.3) is 10.9 Å². The first-order chi connectivity index (χ1) is 16.5. The van der Waals surface area contributed by atoms with Crippen LogP contribution in [0.3, 0.4) is 0 Å². The van der Waals surface area contributed by atoms with Crippen LogP contribution in [0.1, 0.15) is 38.8 Å². The van der Waals surface area contributed by atoms with Crippen molar-refractivity contribution in [3.05, 3.63) is 101 Å². The third-order valence-electron chi connectivity index (χ3n) is 6.68. The molecule has 4 aromatic rings. The third-order valence-corrected chi connectivity index (χ3v) is 6.68. The van der Waals surface area contributed by atoms with Gasteiger partial charge in [0.2, 0.25) is 5.91 Å². The van der Waals surface area contributed by atoms with E-state index in [0.29, 0.717) is 12.2 Å². The van der Waals surface area contributed by atoms with Crippen LogP contribution in [0.2, 0.25) is 0 Å². The zero-order valence-corrected chi connectivity index (χ0v) is 19.5. The Balaban J connectivity index is 1.50. The van der Waals surface area contributed by atoms with Crippen LogP contribution in [0.15, 0.2) is 72.8 Å². The number of carbonyl (C=O) groups excluding carboxylic acids is 2. The average molecular weight is 454 g/mol. The lowest BCUT2D eigenvalue weighted by molar-refractivity contribution is -0.122. The molecule has 0 radical (unpaired) electrons. The summed E-state index contributed by atoms with van der Waals surface area (Å²) in [6.07, 6.45) is 0. The summed E-state index contributed by atoms with van der Waals surface area (Å²) in [6.45, 7) is 2.42. The molecule has 2 heterocycles. The van der Waals surface area contributed by atoms with E-state index in [-0.39, 0.29) is 24.4 Å². The van der Waals surface area contributed by atoms with Gasteiger partial charge in [0, 0.05) is 30.1 Å². The second-order valence-electron chi connectivity index (χ2n) is 8.65. The maximum absolute atomic E-state index is 13.7. The van der Waals surface area contributed by atoms with E-state index in [1.807, 2.05) is 91.3 Å². The average Bonchev–Trinajstić information content (AvgIpc) is 3.31. The van der Waals surface area contributed by atoms with Crippen LogP contribution < -0.4 is 10.1 Å². The summed E-state index contributed by atoms with van der Waals surface area (Å²) in [5.74, 6) is 0.418. The van der Waals surface area contributed by atoms with Gasteiger partial charge in [0.25, 0.3) is 5.91 Å².